The van der Waals surface area contributed by atoms with Gasteiger partial charge in [-0.05, 0) is 76.9 Å². The molecule has 0 aromatic heterocycles. The van der Waals surface area contributed by atoms with Crippen molar-refractivity contribution in [2.75, 3.05) is 25.6 Å². The van der Waals surface area contributed by atoms with Crippen LogP contribution < -0.4 is 25.0 Å². The zero-order valence-corrected chi connectivity index (χ0v) is 23.4. The molecule has 0 unspecified atom stereocenters. The molecule has 0 radical (unpaired) electrons. The molecule has 39 heavy (non-hydrogen) atoms. The average Bonchev–Trinajstić information content (AvgIpc) is 2.94. The minimum absolute atomic E-state index is 0.197. The molecule has 0 atom stereocenters. The highest BCUT2D eigenvalue weighted by molar-refractivity contribution is 9.10. The molecule has 0 bridgehead atoms. The summed E-state index contributed by atoms with van der Waals surface area (Å²) in [4.78, 5) is 25.2. The number of hydrogen-bond donors (Lipinski definition) is 2. The summed E-state index contributed by atoms with van der Waals surface area (Å²) in [6, 6.07) is 22.2. The lowest BCUT2D eigenvalue weighted by Gasteiger charge is -2.14. The molecule has 0 spiro atoms. The molecule has 4 aromatic carbocycles. The summed E-state index contributed by atoms with van der Waals surface area (Å²) in [5, 5.41) is 8.81. The minimum atomic E-state index is -0.408. The third-order valence-electron chi connectivity index (χ3n) is 5.74. The Labute approximate surface area is 235 Å². The predicted octanol–water partition coefficient (Wildman–Crippen LogP) is 6.10. The van der Waals surface area contributed by atoms with Crippen molar-refractivity contribution in [2.24, 2.45) is 5.10 Å². The van der Waals surface area contributed by atoms with Crippen LogP contribution in [0.25, 0.3) is 10.8 Å². The second kappa shape index (κ2) is 12.9. The van der Waals surface area contributed by atoms with Crippen LogP contribution in [0.1, 0.15) is 28.4 Å². The number of fused-ring (bicyclic) bond motifs is 1. The van der Waals surface area contributed by atoms with E-state index in [1.165, 1.54) is 13.3 Å². The number of benzene rings is 4. The summed E-state index contributed by atoms with van der Waals surface area (Å²) >= 11 is 3.50. The number of nitrogens with zero attached hydrogens (tertiary/aromatic N) is 1. The van der Waals surface area contributed by atoms with Gasteiger partial charge in [-0.1, -0.05) is 42.0 Å². The summed E-state index contributed by atoms with van der Waals surface area (Å²) in [6.45, 7) is 4.02. The van der Waals surface area contributed by atoms with Gasteiger partial charge < -0.3 is 19.5 Å². The molecule has 0 saturated heterocycles. The summed E-state index contributed by atoms with van der Waals surface area (Å²) in [5.74, 6) is 0.580. The van der Waals surface area contributed by atoms with E-state index in [2.05, 4.69) is 31.8 Å². The molecule has 9 heteroatoms. The van der Waals surface area contributed by atoms with Crippen LogP contribution >= 0.6 is 15.9 Å². The van der Waals surface area contributed by atoms with Crippen LogP contribution in [0.15, 0.2) is 82.4 Å². The van der Waals surface area contributed by atoms with Crippen molar-refractivity contribution in [2.45, 2.75) is 13.8 Å². The van der Waals surface area contributed by atoms with Crippen LogP contribution in [0.4, 0.5) is 5.69 Å². The molecule has 0 aliphatic heterocycles. The Morgan fingerprint density at radius 1 is 0.923 bits per heavy atom. The van der Waals surface area contributed by atoms with E-state index in [4.69, 9.17) is 14.2 Å². The first-order valence-electron chi connectivity index (χ1n) is 12.2. The van der Waals surface area contributed by atoms with Crippen molar-refractivity contribution >= 4 is 50.4 Å². The van der Waals surface area contributed by atoms with Gasteiger partial charge in [-0.15, -0.1) is 0 Å². The van der Waals surface area contributed by atoms with E-state index in [9.17, 15) is 9.59 Å². The quantitative estimate of drug-likeness (QED) is 0.172. The Balaban J connectivity index is 1.44. The van der Waals surface area contributed by atoms with Gasteiger partial charge in [0, 0.05) is 15.7 Å². The van der Waals surface area contributed by atoms with Gasteiger partial charge in [0.1, 0.15) is 5.75 Å². The maximum absolute atomic E-state index is 12.9. The highest BCUT2D eigenvalue weighted by Crippen LogP contribution is 2.33. The Kier molecular flexibility index (Phi) is 9.17. The molecular weight excluding hydrogens is 562 g/mol. The zero-order valence-electron chi connectivity index (χ0n) is 21.8. The van der Waals surface area contributed by atoms with Gasteiger partial charge in [0.2, 0.25) is 0 Å². The Bertz CT molecular complexity index is 1520. The number of halogens is 1. The van der Waals surface area contributed by atoms with Crippen molar-refractivity contribution in [3.8, 4) is 17.2 Å². The number of methoxy groups -OCH3 is 1. The van der Waals surface area contributed by atoms with Crippen LogP contribution in [0.3, 0.4) is 0 Å². The van der Waals surface area contributed by atoms with E-state index in [1.54, 1.807) is 18.2 Å². The first-order valence-corrected chi connectivity index (χ1v) is 13.0. The molecule has 2 amide bonds. The number of hydrogen-bond acceptors (Lipinski definition) is 6. The standard InChI is InChI=1S/C30H28BrN3O5/c1-4-38-27-15-22(25(31)16-28(27)39-18-29(35)33-23-11-9-19(2)10-12-23)17-32-34-30(36)24-13-20-7-5-6-8-21(20)14-26(24)37-3/h5-17H,4,18H2,1-3H3,(H,33,35)(H,34,36)/b32-17-. The van der Waals surface area contributed by atoms with Crippen LogP contribution in [0, 0.1) is 6.92 Å². The van der Waals surface area contributed by atoms with E-state index < -0.39 is 5.91 Å². The highest BCUT2D eigenvalue weighted by Gasteiger charge is 2.15. The van der Waals surface area contributed by atoms with Crippen LogP contribution in [0.5, 0.6) is 17.2 Å². The molecule has 0 aliphatic carbocycles. The number of nitrogens with one attached hydrogen (secondary N) is 2. The second-order valence-electron chi connectivity index (χ2n) is 8.56. The lowest BCUT2D eigenvalue weighted by molar-refractivity contribution is -0.118. The Hall–Kier alpha value is -4.37. The molecule has 0 aliphatic rings. The van der Waals surface area contributed by atoms with Crippen molar-refractivity contribution in [1.82, 2.24) is 5.43 Å². The van der Waals surface area contributed by atoms with E-state index in [0.717, 1.165) is 16.3 Å². The van der Waals surface area contributed by atoms with Gasteiger partial charge >= 0.3 is 0 Å². The fraction of sp³-hybridized carbons (Fsp3) is 0.167. The number of amides is 2. The number of carbonyl (C=O) groups is 2. The number of anilines is 1. The van der Waals surface area contributed by atoms with Gasteiger partial charge in [0.15, 0.2) is 18.1 Å². The van der Waals surface area contributed by atoms with E-state index in [0.29, 0.717) is 45.1 Å². The lowest BCUT2D eigenvalue weighted by Crippen LogP contribution is -2.20. The summed E-state index contributed by atoms with van der Waals surface area (Å²) in [7, 11) is 1.52. The summed E-state index contributed by atoms with van der Waals surface area (Å²) in [5.41, 5.74) is 5.36. The fourth-order valence-corrected chi connectivity index (χ4v) is 4.22. The number of carbonyl (C=O) groups excluding carboxylic acids is 2. The molecule has 200 valence electrons. The van der Waals surface area contributed by atoms with Crippen molar-refractivity contribution in [1.29, 1.82) is 0 Å². The van der Waals surface area contributed by atoms with Crippen LogP contribution in [-0.4, -0.2) is 38.4 Å². The maximum atomic E-state index is 12.9. The zero-order chi connectivity index (χ0) is 27.8. The van der Waals surface area contributed by atoms with E-state index in [1.807, 2.05) is 68.4 Å². The number of rotatable bonds is 10. The summed E-state index contributed by atoms with van der Waals surface area (Å²) < 4.78 is 17.5. The predicted molar refractivity (Wildman–Crippen MR) is 156 cm³/mol. The Morgan fingerprint density at radius 2 is 1.62 bits per heavy atom. The first-order chi connectivity index (χ1) is 18.9. The molecule has 4 rings (SSSR count). The lowest BCUT2D eigenvalue weighted by atomic mass is 10.1. The van der Waals surface area contributed by atoms with E-state index in [-0.39, 0.29) is 12.5 Å². The summed E-state index contributed by atoms with van der Waals surface area (Å²) in [6.07, 6.45) is 1.49. The van der Waals surface area contributed by atoms with Crippen molar-refractivity contribution in [3.63, 3.8) is 0 Å². The van der Waals surface area contributed by atoms with Gasteiger partial charge in [-0.3, -0.25) is 9.59 Å². The first kappa shape index (κ1) is 27.7. The van der Waals surface area contributed by atoms with Gasteiger partial charge in [0.05, 0.1) is 25.5 Å². The fourth-order valence-electron chi connectivity index (χ4n) is 3.79. The molecule has 0 heterocycles. The van der Waals surface area contributed by atoms with Crippen LogP contribution in [0.2, 0.25) is 0 Å². The molecule has 2 N–H and O–H groups in total. The smallest absolute Gasteiger partial charge is 0.275 e. The topological polar surface area (TPSA) is 98.2 Å². The molecule has 0 fully saturated rings. The normalized spacial score (nSPS) is 10.9. The van der Waals surface area contributed by atoms with Gasteiger partial charge in [-0.25, -0.2) is 5.43 Å². The third-order valence-corrected chi connectivity index (χ3v) is 6.43. The van der Waals surface area contributed by atoms with Gasteiger partial charge in [-0.2, -0.15) is 5.10 Å². The molecule has 0 saturated carbocycles. The average molecular weight is 590 g/mol. The maximum Gasteiger partial charge on any atom is 0.275 e. The number of ether oxygens (including phenoxy) is 3. The third kappa shape index (κ3) is 7.14. The van der Waals surface area contributed by atoms with Gasteiger partial charge in [0.25, 0.3) is 11.8 Å². The van der Waals surface area contributed by atoms with Crippen LogP contribution in [-0.2, 0) is 4.79 Å². The number of hydrazone groups is 1. The molecule has 8 nitrogen and oxygen atoms in total. The highest BCUT2D eigenvalue weighted by atomic mass is 79.9. The van der Waals surface area contributed by atoms with Crippen molar-refractivity contribution < 1.29 is 23.8 Å². The van der Waals surface area contributed by atoms with Crippen molar-refractivity contribution in [3.05, 3.63) is 94.0 Å². The SMILES string of the molecule is CCOc1cc(/C=N\NC(=O)c2cc3ccccc3cc2OC)c(Br)cc1OCC(=O)Nc1ccc(C)cc1. The van der Waals surface area contributed by atoms with E-state index >= 15 is 0 Å². The molecular formula is C30H28BrN3O5. The second-order valence-corrected chi connectivity index (χ2v) is 9.41. The Morgan fingerprint density at radius 3 is 2.31 bits per heavy atom. The molecule has 4 aromatic rings. The number of aryl methyl sites for hydroxylation is 1. The largest absolute Gasteiger partial charge is 0.496 e. The minimum Gasteiger partial charge on any atom is -0.496 e. The monoisotopic (exact) mass is 589 g/mol.